The standard InChI is InChI=1S/C18H37N5O.HI/c1-5-19-17(21-15-16(24)22-18(2,3)4)20-11-10-14-23-12-8-6-7-9-13-23;/h5-15H2,1-4H3,(H,22,24)(H2,19,20,21);1H. The molecule has 0 unspecified atom stereocenters. The van der Waals surface area contributed by atoms with Crippen LogP contribution in [0.2, 0.25) is 0 Å². The molecule has 3 N–H and O–H groups in total. The smallest absolute Gasteiger partial charge is 0.242 e. The number of hydrogen-bond acceptors (Lipinski definition) is 3. The third-order valence-corrected chi connectivity index (χ3v) is 3.88. The number of nitrogens with one attached hydrogen (secondary N) is 3. The molecule has 1 fully saturated rings. The summed E-state index contributed by atoms with van der Waals surface area (Å²) in [5.41, 5.74) is -0.217. The highest BCUT2D eigenvalue weighted by atomic mass is 127. The minimum atomic E-state index is -0.217. The van der Waals surface area contributed by atoms with E-state index >= 15 is 0 Å². The van der Waals surface area contributed by atoms with E-state index in [4.69, 9.17) is 0 Å². The van der Waals surface area contributed by atoms with Gasteiger partial charge in [0.2, 0.25) is 5.91 Å². The molecule has 148 valence electrons. The van der Waals surface area contributed by atoms with Crippen molar-refractivity contribution in [2.24, 2.45) is 4.99 Å². The van der Waals surface area contributed by atoms with Crippen LogP contribution in [-0.4, -0.2) is 61.6 Å². The van der Waals surface area contributed by atoms with Gasteiger partial charge in [-0.1, -0.05) is 12.8 Å². The van der Waals surface area contributed by atoms with E-state index in [2.05, 4.69) is 25.8 Å². The number of nitrogens with zero attached hydrogens (tertiary/aromatic N) is 2. The largest absolute Gasteiger partial charge is 0.357 e. The van der Waals surface area contributed by atoms with Crippen molar-refractivity contribution in [3.63, 3.8) is 0 Å². The van der Waals surface area contributed by atoms with Gasteiger partial charge in [0, 0.05) is 18.6 Å². The number of carbonyl (C=O) groups excluding carboxylic acids is 1. The van der Waals surface area contributed by atoms with Crippen LogP contribution in [-0.2, 0) is 4.79 Å². The van der Waals surface area contributed by atoms with Crippen molar-refractivity contribution in [3.05, 3.63) is 0 Å². The summed E-state index contributed by atoms with van der Waals surface area (Å²) < 4.78 is 0. The molecule has 7 heteroatoms. The van der Waals surface area contributed by atoms with Gasteiger partial charge in [-0.05, 0) is 66.6 Å². The maximum atomic E-state index is 11.9. The lowest BCUT2D eigenvalue weighted by molar-refractivity contribution is -0.121. The summed E-state index contributed by atoms with van der Waals surface area (Å²) in [6, 6.07) is 0. The van der Waals surface area contributed by atoms with Gasteiger partial charge in [-0.3, -0.25) is 4.79 Å². The Kier molecular flexibility index (Phi) is 13.3. The second kappa shape index (κ2) is 13.6. The van der Waals surface area contributed by atoms with Gasteiger partial charge < -0.3 is 20.9 Å². The highest BCUT2D eigenvalue weighted by molar-refractivity contribution is 14.0. The first-order chi connectivity index (χ1) is 11.4. The van der Waals surface area contributed by atoms with Crippen LogP contribution >= 0.6 is 24.0 Å². The summed E-state index contributed by atoms with van der Waals surface area (Å²) in [4.78, 5) is 18.8. The van der Waals surface area contributed by atoms with Crippen molar-refractivity contribution in [1.82, 2.24) is 20.9 Å². The molecule has 0 saturated carbocycles. The molecule has 0 aromatic heterocycles. The van der Waals surface area contributed by atoms with Crippen molar-refractivity contribution >= 4 is 35.8 Å². The third kappa shape index (κ3) is 13.3. The zero-order valence-corrected chi connectivity index (χ0v) is 18.8. The summed E-state index contributed by atoms with van der Waals surface area (Å²) in [6.07, 6.45) is 6.52. The second-order valence-electron chi connectivity index (χ2n) is 7.53. The minimum Gasteiger partial charge on any atom is -0.357 e. The maximum Gasteiger partial charge on any atom is 0.242 e. The number of guanidine groups is 1. The molecule has 0 aliphatic carbocycles. The van der Waals surface area contributed by atoms with Crippen LogP contribution < -0.4 is 16.0 Å². The fraction of sp³-hybridized carbons (Fsp3) is 0.889. The Morgan fingerprint density at radius 3 is 2.28 bits per heavy atom. The van der Waals surface area contributed by atoms with Gasteiger partial charge in [-0.2, -0.15) is 0 Å². The van der Waals surface area contributed by atoms with E-state index < -0.39 is 0 Å². The number of rotatable bonds is 7. The van der Waals surface area contributed by atoms with Crippen molar-refractivity contribution < 1.29 is 4.79 Å². The first-order valence-electron chi connectivity index (χ1n) is 9.46. The van der Waals surface area contributed by atoms with E-state index in [1.807, 2.05) is 27.7 Å². The van der Waals surface area contributed by atoms with Crippen molar-refractivity contribution in [3.8, 4) is 0 Å². The van der Waals surface area contributed by atoms with Crippen LogP contribution in [0.5, 0.6) is 0 Å². The van der Waals surface area contributed by atoms with E-state index in [0.29, 0.717) is 0 Å². The van der Waals surface area contributed by atoms with Crippen LogP contribution in [0.25, 0.3) is 0 Å². The predicted molar refractivity (Wildman–Crippen MR) is 117 cm³/mol. The molecule has 1 aliphatic heterocycles. The highest BCUT2D eigenvalue weighted by Gasteiger charge is 2.13. The van der Waals surface area contributed by atoms with E-state index in [-0.39, 0.29) is 42.0 Å². The topological polar surface area (TPSA) is 68.8 Å². The molecule has 1 rings (SSSR count). The second-order valence-corrected chi connectivity index (χ2v) is 7.53. The summed E-state index contributed by atoms with van der Waals surface area (Å²) in [5, 5.41) is 9.45. The first-order valence-corrected chi connectivity index (χ1v) is 9.46. The average Bonchev–Trinajstić information content (AvgIpc) is 2.76. The number of amides is 1. The van der Waals surface area contributed by atoms with E-state index in [0.717, 1.165) is 32.0 Å². The van der Waals surface area contributed by atoms with Crippen molar-refractivity contribution in [2.75, 3.05) is 39.3 Å². The lowest BCUT2D eigenvalue weighted by Gasteiger charge is -2.20. The van der Waals surface area contributed by atoms with Gasteiger partial charge in [-0.15, -0.1) is 24.0 Å². The van der Waals surface area contributed by atoms with Gasteiger partial charge >= 0.3 is 0 Å². The van der Waals surface area contributed by atoms with Crippen LogP contribution in [0, 0.1) is 0 Å². The van der Waals surface area contributed by atoms with E-state index in [1.54, 1.807) is 0 Å². The zero-order valence-electron chi connectivity index (χ0n) is 16.5. The number of likely N-dealkylation sites (tertiary alicyclic amines) is 1. The Labute approximate surface area is 171 Å². The molecule has 0 radical (unpaired) electrons. The summed E-state index contributed by atoms with van der Waals surface area (Å²) in [5.74, 6) is 0.668. The van der Waals surface area contributed by atoms with Gasteiger partial charge in [0.1, 0.15) is 6.54 Å². The zero-order chi connectivity index (χ0) is 17.8. The van der Waals surface area contributed by atoms with E-state index in [9.17, 15) is 4.79 Å². The van der Waals surface area contributed by atoms with Crippen molar-refractivity contribution in [2.45, 2.75) is 65.3 Å². The molecular weight excluding hydrogens is 429 g/mol. The SMILES string of the molecule is CCNC(=NCC(=O)NC(C)(C)C)NCCCN1CCCCCC1.I. The number of aliphatic imine (C=N–C) groups is 1. The first kappa shape index (κ1) is 24.4. The van der Waals surface area contributed by atoms with Crippen molar-refractivity contribution in [1.29, 1.82) is 0 Å². The highest BCUT2D eigenvalue weighted by Crippen LogP contribution is 2.09. The molecular formula is C18H38IN5O. The normalized spacial score (nSPS) is 16.6. The minimum absolute atomic E-state index is 0. The third-order valence-electron chi connectivity index (χ3n) is 3.88. The van der Waals surface area contributed by atoms with Gasteiger partial charge in [-0.25, -0.2) is 4.99 Å². The molecule has 1 aliphatic rings. The molecule has 0 aromatic rings. The Morgan fingerprint density at radius 1 is 1.08 bits per heavy atom. The Bertz CT molecular complexity index is 387. The molecule has 0 spiro atoms. The Hall–Kier alpha value is -0.570. The predicted octanol–water partition coefficient (Wildman–Crippen LogP) is 2.34. The molecule has 1 saturated heterocycles. The molecule has 0 atom stereocenters. The molecule has 0 bridgehead atoms. The quantitative estimate of drug-likeness (QED) is 0.233. The summed E-state index contributed by atoms with van der Waals surface area (Å²) in [6.45, 7) is 13.4. The Balaban J connectivity index is 0.00000576. The summed E-state index contributed by atoms with van der Waals surface area (Å²) in [7, 11) is 0. The monoisotopic (exact) mass is 467 g/mol. The molecule has 6 nitrogen and oxygen atoms in total. The molecule has 25 heavy (non-hydrogen) atoms. The van der Waals surface area contributed by atoms with Crippen LogP contribution in [0.3, 0.4) is 0 Å². The fourth-order valence-electron chi connectivity index (χ4n) is 2.82. The van der Waals surface area contributed by atoms with Crippen LogP contribution in [0.1, 0.15) is 59.8 Å². The number of carbonyl (C=O) groups is 1. The average molecular weight is 467 g/mol. The lowest BCUT2D eigenvalue weighted by atomic mass is 10.1. The molecule has 1 heterocycles. The molecule has 0 aromatic carbocycles. The fourth-order valence-corrected chi connectivity index (χ4v) is 2.82. The lowest BCUT2D eigenvalue weighted by Crippen LogP contribution is -2.43. The van der Waals surface area contributed by atoms with Gasteiger partial charge in [0.15, 0.2) is 5.96 Å². The number of halogens is 1. The maximum absolute atomic E-state index is 11.9. The van der Waals surface area contributed by atoms with Crippen LogP contribution in [0.4, 0.5) is 0 Å². The van der Waals surface area contributed by atoms with Gasteiger partial charge in [0.05, 0.1) is 0 Å². The molecule has 1 amide bonds. The van der Waals surface area contributed by atoms with Crippen LogP contribution in [0.15, 0.2) is 4.99 Å². The Morgan fingerprint density at radius 2 is 1.72 bits per heavy atom. The van der Waals surface area contributed by atoms with Gasteiger partial charge in [0.25, 0.3) is 0 Å². The van der Waals surface area contributed by atoms with E-state index in [1.165, 1.54) is 38.8 Å². The number of hydrogen-bond donors (Lipinski definition) is 3. The summed E-state index contributed by atoms with van der Waals surface area (Å²) >= 11 is 0.